The molecule has 168 valence electrons. The van der Waals surface area contributed by atoms with E-state index in [9.17, 15) is 9.59 Å². The third-order valence-electron chi connectivity index (χ3n) is 4.89. The van der Waals surface area contributed by atoms with Gasteiger partial charge in [0.05, 0.1) is 20.6 Å². The van der Waals surface area contributed by atoms with E-state index in [-0.39, 0.29) is 18.7 Å². The van der Waals surface area contributed by atoms with Gasteiger partial charge in [-0.1, -0.05) is 12.1 Å². The molecule has 10 nitrogen and oxygen atoms in total. The number of methoxy groups -OCH3 is 2. The first kappa shape index (κ1) is 21.8. The number of nitrogens with zero attached hydrogens (tertiary/aromatic N) is 3. The first-order chi connectivity index (χ1) is 16.0. The lowest BCUT2D eigenvalue weighted by atomic mass is 9.99. The Bertz CT molecular complexity index is 1300. The highest BCUT2D eigenvalue weighted by Gasteiger charge is 2.26. The number of carboxylic acids is 1. The predicted octanol–water partition coefficient (Wildman–Crippen LogP) is 3.60. The summed E-state index contributed by atoms with van der Waals surface area (Å²) in [6, 6.07) is 14.0. The molecule has 33 heavy (non-hydrogen) atoms. The normalized spacial score (nSPS) is 10.7. The van der Waals surface area contributed by atoms with Crippen molar-refractivity contribution < 1.29 is 33.5 Å². The van der Waals surface area contributed by atoms with Crippen molar-refractivity contribution in [3.8, 4) is 33.9 Å². The summed E-state index contributed by atoms with van der Waals surface area (Å²) in [5.41, 5.74) is 2.59. The second kappa shape index (κ2) is 9.35. The van der Waals surface area contributed by atoms with Crippen molar-refractivity contribution in [1.29, 1.82) is 0 Å². The van der Waals surface area contributed by atoms with Crippen LogP contribution in [0.2, 0.25) is 0 Å². The Balaban J connectivity index is 1.89. The zero-order chi connectivity index (χ0) is 23.4. The third-order valence-corrected chi connectivity index (χ3v) is 4.89. The van der Waals surface area contributed by atoms with Crippen LogP contribution in [0, 0.1) is 0 Å². The number of benzene rings is 2. The van der Waals surface area contributed by atoms with Gasteiger partial charge in [-0.05, 0) is 52.3 Å². The van der Waals surface area contributed by atoms with Crippen LogP contribution in [0.1, 0.15) is 16.9 Å². The summed E-state index contributed by atoms with van der Waals surface area (Å²) in [7, 11) is 3.10. The molecule has 0 aliphatic rings. The Morgan fingerprint density at radius 1 is 0.879 bits per heavy atom. The van der Waals surface area contributed by atoms with Gasteiger partial charge in [-0.15, -0.1) is 0 Å². The van der Waals surface area contributed by atoms with Crippen LogP contribution in [-0.2, 0) is 9.53 Å². The smallest absolute Gasteiger partial charge is 0.357 e. The number of rotatable bonds is 8. The summed E-state index contributed by atoms with van der Waals surface area (Å²) in [5, 5.41) is 16.9. The monoisotopic (exact) mass is 449 g/mol. The first-order valence-electron chi connectivity index (χ1n) is 9.86. The number of aliphatic carboxylic acids is 1. The average Bonchev–Trinajstić information content (AvgIpc) is 3.33. The van der Waals surface area contributed by atoms with E-state index in [1.807, 2.05) is 0 Å². The summed E-state index contributed by atoms with van der Waals surface area (Å²) >= 11 is 0. The number of carbonyl (C=O) groups is 2. The second-order valence-electron chi connectivity index (χ2n) is 6.88. The van der Waals surface area contributed by atoms with Crippen molar-refractivity contribution in [2.45, 2.75) is 6.42 Å². The van der Waals surface area contributed by atoms with Crippen LogP contribution in [0.25, 0.3) is 33.4 Å². The molecule has 0 amide bonds. The highest BCUT2D eigenvalue weighted by Crippen LogP contribution is 2.36. The van der Waals surface area contributed by atoms with Gasteiger partial charge in [-0.2, -0.15) is 0 Å². The maximum atomic E-state index is 13.0. The summed E-state index contributed by atoms with van der Waals surface area (Å²) in [6.45, 7) is -0.301. The molecule has 0 saturated carbocycles. The van der Waals surface area contributed by atoms with E-state index in [2.05, 4.69) is 15.3 Å². The minimum Gasteiger partial charge on any atom is -0.497 e. The maximum Gasteiger partial charge on any atom is 0.357 e. The van der Waals surface area contributed by atoms with Gasteiger partial charge in [0.2, 0.25) is 0 Å². The van der Waals surface area contributed by atoms with Crippen molar-refractivity contribution in [1.82, 2.24) is 15.3 Å². The van der Waals surface area contributed by atoms with Crippen LogP contribution < -0.4 is 9.47 Å². The molecule has 0 aliphatic heterocycles. The van der Waals surface area contributed by atoms with Gasteiger partial charge < -0.3 is 19.3 Å². The van der Waals surface area contributed by atoms with Crippen LogP contribution in [0.15, 0.2) is 53.2 Å². The first-order valence-corrected chi connectivity index (χ1v) is 9.86. The number of fused-ring (bicyclic) bond motifs is 1. The zero-order valence-corrected chi connectivity index (χ0v) is 17.8. The highest BCUT2D eigenvalue weighted by atomic mass is 16.6. The number of aromatic nitrogens is 3. The molecule has 2 heterocycles. The molecule has 0 atom stereocenters. The predicted molar refractivity (Wildman–Crippen MR) is 116 cm³/mol. The Kier molecular flexibility index (Phi) is 6.16. The molecule has 2 aromatic carbocycles. The minimum atomic E-state index is -1.08. The lowest BCUT2D eigenvalue weighted by Crippen LogP contribution is -2.13. The summed E-state index contributed by atoms with van der Waals surface area (Å²) < 4.78 is 20.6. The van der Waals surface area contributed by atoms with E-state index in [1.165, 1.54) is 0 Å². The van der Waals surface area contributed by atoms with Gasteiger partial charge in [-0.25, -0.2) is 14.4 Å². The molecule has 1 N–H and O–H groups in total. The van der Waals surface area contributed by atoms with Crippen LogP contribution in [0.5, 0.6) is 11.5 Å². The van der Waals surface area contributed by atoms with Gasteiger partial charge >= 0.3 is 11.9 Å². The number of esters is 1. The lowest BCUT2D eigenvalue weighted by Gasteiger charge is -2.12. The van der Waals surface area contributed by atoms with Crippen LogP contribution in [0.4, 0.5) is 0 Å². The van der Waals surface area contributed by atoms with Crippen molar-refractivity contribution in [3.63, 3.8) is 0 Å². The Morgan fingerprint density at radius 2 is 1.45 bits per heavy atom. The molecule has 4 aromatic rings. The molecule has 0 saturated heterocycles. The Labute approximate surface area is 187 Å². The van der Waals surface area contributed by atoms with E-state index in [1.54, 1.807) is 62.8 Å². The fraction of sp³-hybridized carbons (Fsp3) is 0.174. The molecular weight excluding hydrogens is 430 g/mol. The molecule has 0 unspecified atom stereocenters. The van der Waals surface area contributed by atoms with E-state index in [0.717, 1.165) is 0 Å². The van der Waals surface area contributed by atoms with E-state index in [4.69, 9.17) is 23.9 Å². The average molecular weight is 449 g/mol. The summed E-state index contributed by atoms with van der Waals surface area (Å²) in [5.74, 6) is -0.596. The molecule has 0 bridgehead atoms. The SMILES string of the molecule is COc1ccc(-c2nc(C(=O)OCCC(=O)O)c(-c3ccc(OC)cc3)c3nonc23)cc1. The summed E-state index contributed by atoms with van der Waals surface area (Å²) in [4.78, 5) is 28.4. The molecular formula is C23H19N3O7. The van der Waals surface area contributed by atoms with E-state index in [0.29, 0.717) is 44.9 Å². The van der Waals surface area contributed by atoms with E-state index < -0.39 is 11.9 Å². The van der Waals surface area contributed by atoms with Crippen LogP contribution >= 0.6 is 0 Å². The topological polar surface area (TPSA) is 134 Å². The quantitative estimate of drug-likeness (QED) is 0.398. The van der Waals surface area contributed by atoms with Crippen LogP contribution in [0.3, 0.4) is 0 Å². The van der Waals surface area contributed by atoms with Crippen molar-refractivity contribution in [2.24, 2.45) is 0 Å². The van der Waals surface area contributed by atoms with Gasteiger partial charge in [0.1, 0.15) is 29.3 Å². The standard InChI is InChI=1S/C23H19N3O7/c1-30-15-7-3-13(4-8-15)18-20-22(26-33-25-20)19(14-5-9-16(31-2)10-6-14)24-21(18)23(29)32-12-11-17(27)28/h3-10H,11-12H2,1-2H3,(H,27,28). The molecule has 2 aromatic heterocycles. The fourth-order valence-corrected chi connectivity index (χ4v) is 3.27. The molecule has 0 aliphatic carbocycles. The number of pyridine rings is 1. The number of carbonyl (C=O) groups excluding carboxylic acids is 1. The number of hydrogen-bond acceptors (Lipinski definition) is 9. The molecule has 4 rings (SSSR count). The highest BCUT2D eigenvalue weighted by molar-refractivity contribution is 6.07. The zero-order valence-electron chi connectivity index (χ0n) is 17.8. The van der Waals surface area contributed by atoms with Crippen LogP contribution in [-0.4, -0.2) is 53.2 Å². The molecule has 0 spiro atoms. The lowest BCUT2D eigenvalue weighted by molar-refractivity contribution is -0.137. The van der Waals surface area contributed by atoms with Gasteiger partial charge in [-0.3, -0.25) is 4.79 Å². The largest absolute Gasteiger partial charge is 0.497 e. The van der Waals surface area contributed by atoms with Gasteiger partial charge in [0.15, 0.2) is 11.2 Å². The number of carboxylic acid groups (broad SMARTS) is 1. The summed E-state index contributed by atoms with van der Waals surface area (Å²) in [6.07, 6.45) is -0.331. The number of hydrogen-bond donors (Lipinski definition) is 1. The second-order valence-corrected chi connectivity index (χ2v) is 6.88. The molecule has 10 heteroatoms. The Morgan fingerprint density at radius 3 is 2.03 bits per heavy atom. The van der Waals surface area contributed by atoms with E-state index >= 15 is 0 Å². The Hall–Kier alpha value is -4.47. The van der Waals surface area contributed by atoms with Gasteiger partial charge in [0, 0.05) is 11.1 Å². The number of ether oxygens (including phenoxy) is 3. The fourth-order valence-electron chi connectivity index (χ4n) is 3.27. The maximum absolute atomic E-state index is 13.0. The molecule has 0 radical (unpaired) electrons. The van der Waals surface area contributed by atoms with Crippen molar-refractivity contribution in [2.75, 3.05) is 20.8 Å². The molecule has 0 fully saturated rings. The third kappa shape index (κ3) is 4.45. The van der Waals surface area contributed by atoms with Gasteiger partial charge in [0.25, 0.3) is 0 Å². The minimum absolute atomic E-state index is 0.0421. The van der Waals surface area contributed by atoms with Crippen molar-refractivity contribution >= 4 is 23.0 Å². The van der Waals surface area contributed by atoms with Crippen molar-refractivity contribution in [3.05, 3.63) is 54.2 Å².